The second-order valence-corrected chi connectivity index (χ2v) is 5.72. The van der Waals surface area contributed by atoms with Gasteiger partial charge in [0.1, 0.15) is 5.82 Å². The third kappa shape index (κ3) is 3.56. The van der Waals surface area contributed by atoms with Crippen LogP contribution in [0.15, 0.2) is 42.7 Å². The number of carbonyl (C=O) groups excluding carboxylic acids is 1. The lowest BCUT2D eigenvalue weighted by atomic mass is 10.1. The highest BCUT2D eigenvalue weighted by Gasteiger charge is 2.25. The quantitative estimate of drug-likeness (QED) is 0.869. The van der Waals surface area contributed by atoms with Gasteiger partial charge in [-0.05, 0) is 49.6 Å². The molecule has 1 amide bonds. The van der Waals surface area contributed by atoms with Crippen LogP contribution in [0.1, 0.15) is 28.8 Å². The molecule has 2 aromatic rings. The molecule has 1 fully saturated rings. The van der Waals surface area contributed by atoms with Gasteiger partial charge in [-0.15, -0.1) is 0 Å². The predicted molar refractivity (Wildman–Crippen MR) is 86.0 cm³/mol. The molecule has 1 aromatic heterocycles. The van der Waals surface area contributed by atoms with Crippen molar-refractivity contribution in [1.82, 2.24) is 4.98 Å². The van der Waals surface area contributed by atoms with Crippen LogP contribution in [0.5, 0.6) is 0 Å². The summed E-state index contributed by atoms with van der Waals surface area (Å²) in [5.74, 6) is -0.630. The molecule has 0 bridgehead atoms. The number of aryl methyl sites for hydroxylation is 1. The van der Waals surface area contributed by atoms with E-state index in [-0.39, 0.29) is 12.0 Å². The number of aromatic nitrogens is 1. The van der Waals surface area contributed by atoms with Crippen molar-refractivity contribution >= 4 is 11.6 Å². The Morgan fingerprint density at radius 3 is 2.83 bits per heavy atom. The molecule has 0 spiro atoms. The molecule has 1 aliphatic rings. The first-order valence-corrected chi connectivity index (χ1v) is 7.75. The highest BCUT2D eigenvalue weighted by atomic mass is 19.1. The van der Waals surface area contributed by atoms with Crippen LogP contribution in [0.4, 0.5) is 10.1 Å². The monoisotopic (exact) mass is 314 g/mol. The predicted octanol–water partition coefficient (Wildman–Crippen LogP) is 3.35. The van der Waals surface area contributed by atoms with Gasteiger partial charge in [0.25, 0.3) is 5.91 Å². The number of anilines is 1. The Balaban J connectivity index is 1.93. The number of nitrogens with zero attached hydrogens (tertiary/aromatic N) is 2. The molecular formula is C18H19FN2O2. The van der Waals surface area contributed by atoms with Gasteiger partial charge in [0.15, 0.2) is 0 Å². The van der Waals surface area contributed by atoms with Crippen molar-refractivity contribution in [2.24, 2.45) is 0 Å². The SMILES string of the molecule is Cc1ccc(F)cc1C(=O)N(CC1CCCO1)c1ccncc1. The summed E-state index contributed by atoms with van der Waals surface area (Å²) in [5.41, 5.74) is 1.87. The Kier molecular flexibility index (Phi) is 4.67. The molecular weight excluding hydrogens is 295 g/mol. The van der Waals surface area contributed by atoms with Gasteiger partial charge in [-0.2, -0.15) is 0 Å². The first-order valence-electron chi connectivity index (χ1n) is 7.75. The second kappa shape index (κ2) is 6.87. The van der Waals surface area contributed by atoms with E-state index in [4.69, 9.17) is 4.74 Å². The third-order valence-corrected chi connectivity index (χ3v) is 4.06. The Bertz CT molecular complexity index is 685. The van der Waals surface area contributed by atoms with Crippen LogP contribution >= 0.6 is 0 Å². The van der Waals surface area contributed by atoms with E-state index in [0.29, 0.717) is 12.1 Å². The van der Waals surface area contributed by atoms with Crippen LogP contribution in [0.2, 0.25) is 0 Å². The smallest absolute Gasteiger partial charge is 0.258 e. The first-order chi connectivity index (χ1) is 11.1. The Hall–Kier alpha value is -2.27. The van der Waals surface area contributed by atoms with Gasteiger partial charge in [0, 0.05) is 30.3 Å². The second-order valence-electron chi connectivity index (χ2n) is 5.72. The lowest BCUT2D eigenvalue weighted by Gasteiger charge is -2.26. The summed E-state index contributed by atoms with van der Waals surface area (Å²) in [6, 6.07) is 7.84. The molecule has 3 rings (SSSR count). The zero-order valence-electron chi connectivity index (χ0n) is 13.0. The van der Waals surface area contributed by atoms with Gasteiger partial charge >= 0.3 is 0 Å². The summed E-state index contributed by atoms with van der Waals surface area (Å²) in [6.07, 6.45) is 5.23. The number of rotatable bonds is 4. The molecule has 4 nitrogen and oxygen atoms in total. The van der Waals surface area contributed by atoms with Gasteiger partial charge in [-0.3, -0.25) is 9.78 Å². The maximum Gasteiger partial charge on any atom is 0.258 e. The summed E-state index contributed by atoms with van der Waals surface area (Å²) in [5, 5.41) is 0. The van der Waals surface area contributed by atoms with E-state index in [9.17, 15) is 9.18 Å². The summed E-state index contributed by atoms with van der Waals surface area (Å²) in [4.78, 5) is 18.6. The molecule has 0 saturated carbocycles. The molecule has 5 heteroatoms. The minimum Gasteiger partial charge on any atom is -0.376 e. The Labute approximate surface area is 134 Å². The van der Waals surface area contributed by atoms with Crippen LogP contribution in [-0.4, -0.2) is 30.1 Å². The van der Waals surface area contributed by atoms with Crippen LogP contribution in [0.3, 0.4) is 0 Å². The van der Waals surface area contributed by atoms with Crippen molar-refractivity contribution in [2.75, 3.05) is 18.1 Å². The van der Waals surface area contributed by atoms with Crippen LogP contribution < -0.4 is 4.90 Å². The maximum absolute atomic E-state index is 13.6. The summed E-state index contributed by atoms with van der Waals surface area (Å²) < 4.78 is 19.2. The minimum absolute atomic E-state index is 0.0148. The van der Waals surface area contributed by atoms with Gasteiger partial charge in [-0.25, -0.2) is 4.39 Å². The number of pyridine rings is 1. The number of carbonyl (C=O) groups is 1. The summed E-state index contributed by atoms with van der Waals surface area (Å²) >= 11 is 0. The number of hydrogen-bond donors (Lipinski definition) is 0. The number of halogens is 1. The van der Waals surface area contributed by atoms with Crippen molar-refractivity contribution < 1.29 is 13.9 Å². The van der Waals surface area contributed by atoms with Gasteiger partial charge in [-0.1, -0.05) is 6.07 Å². The molecule has 1 aliphatic heterocycles. The molecule has 23 heavy (non-hydrogen) atoms. The van der Waals surface area contributed by atoms with Gasteiger partial charge in [0.2, 0.25) is 0 Å². The molecule has 120 valence electrons. The van der Waals surface area contributed by atoms with Crippen molar-refractivity contribution in [3.05, 3.63) is 59.7 Å². The minimum atomic E-state index is -0.411. The lowest BCUT2D eigenvalue weighted by Crippen LogP contribution is -2.38. The molecule has 0 N–H and O–H groups in total. The number of ether oxygens (including phenoxy) is 1. The zero-order chi connectivity index (χ0) is 16.2. The van der Waals surface area contributed by atoms with E-state index in [1.165, 1.54) is 12.1 Å². The van der Waals surface area contributed by atoms with Crippen molar-refractivity contribution in [2.45, 2.75) is 25.9 Å². The van der Waals surface area contributed by atoms with Gasteiger partial charge in [0.05, 0.1) is 12.6 Å². The lowest BCUT2D eigenvalue weighted by molar-refractivity contribution is 0.0916. The average molecular weight is 314 g/mol. The number of benzene rings is 1. The normalized spacial score (nSPS) is 17.2. The first kappa shape index (κ1) is 15.6. The van der Waals surface area contributed by atoms with Crippen molar-refractivity contribution in [3.63, 3.8) is 0 Å². The van der Waals surface area contributed by atoms with Crippen LogP contribution in [-0.2, 0) is 4.74 Å². The fourth-order valence-electron chi connectivity index (χ4n) is 2.79. The van der Waals surface area contributed by atoms with E-state index < -0.39 is 5.82 Å². The standard InChI is InChI=1S/C18H19FN2O2/c1-13-4-5-14(19)11-17(13)18(22)21(12-16-3-2-10-23-16)15-6-8-20-9-7-15/h4-9,11,16H,2-3,10,12H2,1H3. The van der Waals surface area contributed by atoms with Crippen LogP contribution in [0, 0.1) is 12.7 Å². The molecule has 1 atom stereocenters. The molecule has 1 unspecified atom stereocenters. The van der Waals surface area contributed by atoms with Crippen molar-refractivity contribution in [1.29, 1.82) is 0 Å². The van der Waals surface area contributed by atoms with E-state index >= 15 is 0 Å². The van der Waals surface area contributed by atoms with Gasteiger partial charge < -0.3 is 9.64 Å². The topological polar surface area (TPSA) is 42.4 Å². The average Bonchev–Trinajstić information content (AvgIpc) is 3.08. The van der Waals surface area contributed by atoms with E-state index in [1.54, 1.807) is 35.5 Å². The number of amides is 1. The zero-order valence-corrected chi connectivity index (χ0v) is 13.0. The molecule has 0 aliphatic carbocycles. The highest BCUT2D eigenvalue weighted by Crippen LogP contribution is 2.22. The fraction of sp³-hybridized carbons (Fsp3) is 0.333. The largest absolute Gasteiger partial charge is 0.376 e. The van der Waals surface area contributed by atoms with Crippen LogP contribution in [0.25, 0.3) is 0 Å². The number of hydrogen-bond acceptors (Lipinski definition) is 3. The molecule has 1 aromatic carbocycles. The Morgan fingerprint density at radius 1 is 1.35 bits per heavy atom. The summed E-state index contributed by atoms with van der Waals surface area (Å²) in [6.45, 7) is 2.99. The van der Waals surface area contributed by atoms with E-state index in [2.05, 4.69) is 4.98 Å². The van der Waals surface area contributed by atoms with E-state index in [0.717, 1.165) is 30.7 Å². The molecule has 0 radical (unpaired) electrons. The van der Waals surface area contributed by atoms with E-state index in [1.807, 2.05) is 6.92 Å². The maximum atomic E-state index is 13.6. The third-order valence-electron chi connectivity index (χ3n) is 4.06. The highest BCUT2D eigenvalue weighted by molar-refractivity contribution is 6.07. The fourth-order valence-corrected chi connectivity index (χ4v) is 2.79. The summed E-state index contributed by atoms with van der Waals surface area (Å²) in [7, 11) is 0. The van der Waals surface area contributed by atoms with Crippen molar-refractivity contribution in [3.8, 4) is 0 Å². The molecule has 2 heterocycles. The molecule has 1 saturated heterocycles. The Morgan fingerprint density at radius 2 is 2.13 bits per heavy atom.